The van der Waals surface area contributed by atoms with Gasteiger partial charge in [-0.1, -0.05) is 6.07 Å². The minimum atomic E-state index is -1.28. The molecule has 0 radical (unpaired) electrons. The molecule has 2 rings (SSSR count). The lowest BCUT2D eigenvalue weighted by Gasteiger charge is -2.19. The molecular weight excluding hydrogens is 320 g/mol. The predicted octanol–water partition coefficient (Wildman–Crippen LogP) is 3.59. The fraction of sp³-hybridized carbons (Fsp3) is 0.333. The Hall–Kier alpha value is -1.50. The van der Waals surface area contributed by atoms with E-state index in [9.17, 15) is 4.21 Å². The van der Waals surface area contributed by atoms with Gasteiger partial charge in [-0.2, -0.15) is 0 Å². The molecule has 1 atom stereocenters. The maximum Gasteiger partial charge on any atom is 0.224 e. The van der Waals surface area contributed by atoms with E-state index in [-0.39, 0.29) is 10.8 Å². The zero-order valence-electron chi connectivity index (χ0n) is 13.0. The summed E-state index contributed by atoms with van der Waals surface area (Å²) in [5.41, 5.74) is 1.44. The van der Waals surface area contributed by atoms with Crippen LogP contribution in [0.3, 0.4) is 0 Å². The zero-order chi connectivity index (χ0) is 16.3. The van der Waals surface area contributed by atoms with Crippen LogP contribution in [0.25, 0.3) is 0 Å². The maximum absolute atomic E-state index is 12.3. The summed E-state index contributed by atoms with van der Waals surface area (Å²) in [4.78, 5) is 8.77. The van der Waals surface area contributed by atoms with E-state index in [1.54, 1.807) is 6.20 Å². The summed E-state index contributed by atoms with van der Waals surface area (Å²) in [7, 11) is -1.28. The first kappa shape index (κ1) is 16.9. The lowest BCUT2D eigenvalue weighted by molar-refractivity contribution is 0.519. The molecule has 7 heteroatoms. The van der Waals surface area contributed by atoms with Crippen molar-refractivity contribution in [1.29, 1.82) is 0 Å². The van der Waals surface area contributed by atoms with E-state index >= 15 is 0 Å². The average molecular weight is 339 g/mol. The standard InChI is InChI=1S/C15H19ClN4OS/c1-10-9-17-14(16)19-13(10)18-11-6-5-7-12(8-11)22(21)20-15(2,3)4/h5-9,20H,1-4H3,(H,17,18,19). The second kappa shape index (κ2) is 6.73. The summed E-state index contributed by atoms with van der Waals surface area (Å²) in [6.45, 7) is 7.81. The van der Waals surface area contributed by atoms with Crippen molar-refractivity contribution < 1.29 is 4.21 Å². The van der Waals surface area contributed by atoms with E-state index in [0.717, 1.165) is 11.3 Å². The van der Waals surface area contributed by atoms with E-state index in [4.69, 9.17) is 11.6 Å². The molecule has 1 aromatic carbocycles. The summed E-state index contributed by atoms with van der Waals surface area (Å²) >= 11 is 5.82. The van der Waals surface area contributed by atoms with Gasteiger partial charge in [-0.05, 0) is 57.5 Å². The first-order valence-electron chi connectivity index (χ1n) is 6.80. The van der Waals surface area contributed by atoms with Crippen molar-refractivity contribution in [3.63, 3.8) is 0 Å². The zero-order valence-corrected chi connectivity index (χ0v) is 14.5. The number of hydrogen-bond acceptors (Lipinski definition) is 4. The van der Waals surface area contributed by atoms with E-state index in [1.165, 1.54) is 0 Å². The van der Waals surface area contributed by atoms with Crippen molar-refractivity contribution in [2.24, 2.45) is 0 Å². The van der Waals surface area contributed by atoms with Gasteiger partial charge in [0.25, 0.3) is 0 Å². The number of rotatable bonds is 4. The number of nitrogens with zero attached hydrogens (tertiary/aromatic N) is 2. The maximum atomic E-state index is 12.3. The minimum absolute atomic E-state index is 0.183. The average Bonchev–Trinajstić information content (AvgIpc) is 2.41. The molecule has 0 amide bonds. The van der Waals surface area contributed by atoms with Crippen molar-refractivity contribution in [2.75, 3.05) is 5.32 Å². The molecule has 2 aromatic rings. The van der Waals surface area contributed by atoms with Crippen LogP contribution in [0.4, 0.5) is 11.5 Å². The number of aromatic nitrogens is 2. The van der Waals surface area contributed by atoms with Gasteiger partial charge in [0.1, 0.15) is 16.8 Å². The third-order valence-electron chi connectivity index (χ3n) is 2.65. The van der Waals surface area contributed by atoms with Crippen LogP contribution in [0.15, 0.2) is 35.4 Å². The lowest BCUT2D eigenvalue weighted by atomic mass is 10.1. The van der Waals surface area contributed by atoms with Crippen molar-refractivity contribution >= 4 is 34.1 Å². The number of benzene rings is 1. The van der Waals surface area contributed by atoms with Gasteiger partial charge in [0.05, 0.1) is 4.90 Å². The molecule has 22 heavy (non-hydrogen) atoms. The Balaban J connectivity index is 2.22. The van der Waals surface area contributed by atoms with E-state index in [0.29, 0.717) is 10.7 Å². The Morgan fingerprint density at radius 2 is 2.00 bits per heavy atom. The van der Waals surface area contributed by atoms with Crippen molar-refractivity contribution in [3.05, 3.63) is 41.3 Å². The van der Waals surface area contributed by atoms with E-state index < -0.39 is 11.0 Å². The summed E-state index contributed by atoms with van der Waals surface area (Å²) in [5, 5.41) is 3.36. The van der Waals surface area contributed by atoms with Gasteiger partial charge in [-0.15, -0.1) is 0 Å². The molecule has 1 aromatic heterocycles. The molecule has 0 aliphatic carbocycles. The van der Waals surface area contributed by atoms with Gasteiger partial charge >= 0.3 is 0 Å². The second-order valence-electron chi connectivity index (χ2n) is 5.94. The van der Waals surface area contributed by atoms with Crippen LogP contribution < -0.4 is 10.0 Å². The Labute approximate surface area is 138 Å². The van der Waals surface area contributed by atoms with Crippen molar-refractivity contribution in [3.8, 4) is 0 Å². The Bertz CT molecular complexity index is 700. The number of nitrogens with one attached hydrogen (secondary N) is 2. The smallest absolute Gasteiger partial charge is 0.224 e. The molecule has 118 valence electrons. The topological polar surface area (TPSA) is 66.9 Å². The summed E-state index contributed by atoms with van der Waals surface area (Å²) < 4.78 is 15.4. The Morgan fingerprint density at radius 3 is 2.68 bits per heavy atom. The molecule has 0 saturated carbocycles. The normalized spacial score (nSPS) is 13.0. The summed E-state index contributed by atoms with van der Waals surface area (Å²) in [5.74, 6) is 0.631. The molecule has 5 nitrogen and oxygen atoms in total. The van der Waals surface area contributed by atoms with Gasteiger partial charge < -0.3 is 5.32 Å². The van der Waals surface area contributed by atoms with Gasteiger partial charge in [0.15, 0.2) is 0 Å². The largest absolute Gasteiger partial charge is 0.340 e. The lowest BCUT2D eigenvalue weighted by Crippen LogP contribution is -2.37. The first-order valence-corrected chi connectivity index (χ1v) is 8.33. The fourth-order valence-corrected chi connectivity index (χ4v) is 2.95. The molecule has 1 heterocycles. The van der Waals surface area contributed by atoms with Crippen LogP contribution in [-0.2, 0) is 11.0 Å². The van der Waals surface area contributed by atoms with Gasteiger partial charge in [0, 0.05) is 23.0 Å². The predicted molar refractivity (Wildman–Crippen MR) is 90.8 cm³/mol. The van der Waals surface area contributed by atoms with Crippen molar-refractivity contribution in [1.82, 2.24) is 14.7 Å². The molecule has 0 aliphatic rings. The molecule has 0 saturated heterocycles. The summed E-state index contributed by atoms with van der Waals surface area (Å²) in [6.07, 6.45) is 1.65. The second-order valence-corrected chi connectivity index (χ2v) is 7.50. The highest BCUT2D eigenvalue weighted by Crippen LogP contribution is 2.21. The first-order chi connectivity index (χ1) is 10.2. The number of halogens is 1. The van der Waals surface area contributed by atoms with Gasteiger partial charge in [0.2, 0.25) is 5.28 Å². The Morgan fingerprint density at radius 1 is 1.27 bits per heavy atom. The number of hydrogen-bond donors (Lipinski definition) is 2. The van der Waals surface area contributed by atoms with Crippen LogP contribution >= 0.6 is 11.6 Å². The van der Waals surface area contributed by atoms with Crippen LogP contribution in [0, 0.1) is 6.92 Å². The summed E-state index contributed by atoms with van der Waals surface area (Å²) in [6, 6.07) is 7.37. The molecule has 1 unspecified atom stereocenters. The quantitative estimate of drug-likeness (QED) is 0.836. The van der Waals surface area contributed by atoms with Crippen LogP contribution in [0.1, 0.15) is 26.3 Å². The van der Waals surface area contributed by atoms with Gasteiger partial charge in [-0.25, -0.2) is 18.9 Å². The van der Waals surface area contributed by atoms with Gasteiger partial charge in [-0.3, -0.25) is 0 Å². The fourth-order valence-electron chi connectivity index (χ4n) is 1.71. The van der Waals surface area contributed by atoms with E-state index in [2.05, 4.69) is 20.0 Å². The minimum Gasteiger partial charge on any atom is -0.340 e. The monoisotopic (exact) mass is 338 g/mol. The molecular formula is C15H19ClN4OS. The van der Waals surface area contributed by atoms with E-state index in [1.807, 2.05) is 52.0 Å². The van der Waals surface area contributed by atoms with Crippen LogP contribution in [0.2, 0.25) is 5.28 Å². The SMILES string of the molecule is Cc1cnc(Cl)nc1Nc1cccc(S(=O)NC(C)(C)C)c1. The van der Waals surface area contributed by atoms with Crippen LogP contribution in [0.5, 0.6) is 0 Å². The third kappa shape index (κ3) is 4.76. The number of aryl methyl sites for hydroxylation is 1. The highest BCUT2D eigenvalue weighted by atomic mass is 35.5. The molecule has 0 spiro atoms. The molecule has 0 fully saturated rings. The Kier molecular flexibility index (Phi) is 5.16. The molecule has 0 bridgehead atoms. The third-order valence-corrected chi connectivity index (χ3v) is 4.31. The number of anilines is 2. The molecule has 2 N–H and O–H groups in total. The molecule has 0 aliphatic heterocycles. The van der Waals surface area contributed by atoms with Crippen LogP contribution in [-0.4, -0.2) is 19.7 Å². The van der Waals surface area contributed by atoms with Crippen molar-refractivity contribution in [2.45, 2.75) is 38.1 Å². The highest BCUT2D eigenvalue weighted by molar-refractivity contribution is 7.83. The highest BCUT2D eigenvalue weighted by Gasteiger charge is 2.15.